The summed E-state index contributed by atoms with van der Waals surface area (Å²) in [5.41, 5.74) is 10.5. The van der Waals surface area contributed by atoms with E-state index in [0.717, 1.165) is 42.5 Å². The van der Waals surface area contributed by atoms with Gasteiger partial charge in [0.05, 0.1) is 6.04 Å². The second-order valence-corrected chi connectivity index (χ2v) is 7.67. The first-order chi connectivity index (χ1) is 12.9. The maximum absolute atomic E-state index is 12.8. The topological polar surface area (TPSA) is 59.2 Å². The van der Waals surface area contributed by atoms with Crippen molar-refractivity contribution in [1.29, 1.82) is 0 Å². The van der Waals surface area contributed by atoms with Gasteiger partial charge in [0.25, 0.3) is 0 Å². The van der Waals surface area contributed by atoms with E-state index in [1.54, 1.807) is 6.92 Å². The van der Waals surface area contributed by atoms with Crippen LogP contribution in [0.25, 0.3) is 0 Å². The highest BCUT2D eigenvalue weighted by Gasteiger charge is 2.22. The Bertz CT molecular complexity index is 707. The van der Waals surface area contributed by atoms with Crippen LogP contribution < -0.4 is 10.6 Å². The molecule has 4 heteroatoms. The van der Waals surface area contributed by atoms with Crippen molar-refractivity contribution in [2.75, 3.05) is 11.4 Å². The molecule has 0 aliphatic carbocycles. The van der Waals surface area contributed by atoms with Gasteiger partial charge in [0.2, 0.25) is 5.91 Å². The molecule has 2 N–H and O–H groups in total. The van der Waals surface area contributed by atoms with Crippen molar-refractivity contribution >= 4 is 11.6 Å². The number of benzene rings is 1. The molecule has 0 bridgehead atoms. The molecule has 0 saturated heterocycles. The second-order valence-electron chi connectivity index (χ2n) is 7.67. The van der Waals surface area contributed by atoms with Crippen LogP contribution in [-0.4, -0.2) is 23.5 Å². The molecule has 1 heterocycles. The fourth-order valence-electron chi connectivity index (χ4n) is 3.50. The standard InChI is InChI=1S/C23H33N3O/c1-17(8-5-11-21-12-7-14-25-16-21)13-15-26(23(27)20(4)24)22-18(2)9-6-10-19(22)3/h6-7,9-10,12,14,16-17,20H,5,8,11,13,15,24H2,1-4H3. The fraction of sp³-hybridized carbons (Fsp3) is 0.478. The number of para-hydroxylation sites is 1. The molecule has 2 rings (SSSR count). The minimum Gasteiger partial charge on any atom is -0.320 e. The van der Waals surface area contributed by atoms with Gasteiger partial charge in [0.15, 0.2) is 0 Å². The number of amides is 1. The zero-order valence-electron chi connectivity index (χ0n) is 17.1. The van der Waals surface area contributed by atoms with Crippen molar-refractivity contribution in [2.24, 2.45) is 11.7 Å². The highest BCUT2D eigenvalue weighted by Crippen LogP contribution is 2.26. The average molecular weight is 368 g/mol. The molecule has 0 spiro atoms. The Kier molecular flexibility index (Phi) is 7.99. The van der Waals surface area contributed by atoms with E-state index in [-0.39, 0.29) is 5.91 Å². The summed E-state index contributed by atoms with van der Waals surface area (Å²) in [6.07, 6.45) is 8.05. The minimum atomic E-state index is -0.495. The van der Waals surface area contributed by atoms with Crippen molar-refractivity contribution in [3.8, 4) is 0 Å². The number of anilines is 1. The van der Waals surface area contributed by atoms with E-state index in [9.17, 15) is 4.79 Å². The zero-order valence-corrected chi connectivity index (χ0v) is 17.1. The molecule has 2 atom stereocenters. The molecule has 146 valence electrons. The van der Waals surface area contributed by atoms with Crippen LogP contribution in [0.2, 0.25) is 0 Å². The number of aromatic nitrogens is 1. The number of nitrogens with two attached hydrogens (primary N) is 1. The number of rotatable bonds is 9. The van der Waals surface area contributed by atoms with Crippen LogP contribution in [0.1, 0.15) is 49.8 Å². The van der Waals surface area contributed by atoms with Gasteiger partial charge in [-0.2, -0.15) is 0 Å². The SMILES string of the molecule is Cc1cccc(C)c1N(CCC(C)CCCc1cccnc1)C(=O)C(C)N. The molecule has 1 aromatic heterocycles. The van der Waals surface area contributed by atoms with Crippen LogP contribution in [0, 0.1) is 19.8 Å². The largest absolute Gasteiger partial charge is 0.320 e. The molecule has 1 amide bonds. The highest BCUT2D eigenvalue weighted by atomic mass is 16.2. The van der Waals surface area contributed by atoms with E-state index in [2.05, 4.69) is 44.0 Å². The number of pyridine rings is 1. The highest BCUT2D eigenvalue weighted by molar-refractivity contribution is 5.98. The van der Waals surface area contributed by atoms with Gasteiger partial charge in [-0.15, -0.1) is 0 Å². The quantitative estimate of drug-likeness (QED) is 0.713. The van der Waals surface area contributed by atoms with E-state index in [1.807, 2.05) is 29.4 Å². The maximum atomic E-state index is 12.8. The van der Waals surface area contributed by atoms with Crippen molar-refractivity contribution in [3.05, 3.63) is 59.4 Å². The predicted molar refractivity (Wildman–Crippen MR) is 113 cm³/mol. The van der Waals surface area contributed by atoms with Crippen LogP contribution in [0.4, 0.5) is 5.69 Å². The lowest BCUT2D eigenvalue weighted by molar-refractivity contribution is -0.119. The summed E-state index contributed by atoms with van der Waals surface area (Å²) in [7, 11) is 0. The Morgan fingerprint density at radius 2 is 1.81 bits per heavy atom. The monoisotopic (exact) mass is 367 g/mol. The summed E-state index contributed by atoms with van der Waals surface area (Å²) < 4.78 is 0. The molecular formula is C23H33N3O. The number of carbonyl (C=O) groups excluding carboxylic acids is 1. The van der Waals surface area contributed by atoms with E-state index in [4.69, 9.17) is 5.73 Å². The number of hydrogen-bond acceptors (Lipinski definition) is 3. The van der Waals surface area contributed by atoms with Crippen molar-refractivity contribution in [1.82, 2.24) is 4.98 Å². The van der Waals surface area contributed by atoms with Gasteiger partial charge < -0.3 is 10.6 Å². The van der Waals surface area contributed by atoms with Crippen molar-refractivity contribution < 1.29 is 4.79 Å². The van der Waals surface area contributed by atoms with Gasteiger partial charge in [-0.05, 0) is 68.7 Å². The lowest BCUT2D eigenvalue weighted by atomic mass is 9.98. The van der Waals surface area contributed by atoms with Gasteiger partial charge in [-0.3, -0.25) is 9.78 Å². The number of carbonyl (C=O) groups is 1. The first kappa shape index (κ1) is 21.1. The van der Waals surface area contributed by atoms with Crippen molar-refractivity contribution in [2.45, 2.75) is 59.4 Å². The molecule has 4 nitrogen and oxygen atoms in total. The van der Waals surface area contributed by atoms with Crippen molar-refractivity contribution in [3.63, 3.8) is 0 Å². The molecular weight excluding hydrogens is 334 g/mol. The van der Waals surface area contributed by atoms with Gasteiger partial charge in [0.1, 0.15) is 0 Å². The molecule has 0 saturated carbocycles. The maximum Gasteiger partial charge on any atom is 0.243 e. The minimum absolute atomic E-state index is 0.00467. The number of hydrogen-bond donors (Lipinski definition) is 1. The van der Waals surface area contributed by atoms with Gasteiger partial charge >= 0.3 is 0 Å². The Morgan fingerprint density at radius 1 is 1.11 bits per heavy atom. The van der Waals surface area contributed by atoms with E-state index >= 15 is 0 Å². The van der Waals surface area contributed by atoms with E-state index in [0.29, 0.717) is 12.5 Å². The normalized spacial score (nSPS) is 13.2. The van der Waals surface area contributed by atoms with Crippen LogP contribution in [0.3, 0.4) is 0 Å². The molecule has 2 unspecified atom stereocenters. The smallest absolute Gasteiger partial charge is 0.243 e. The summed E-state index contributed by atoms with van der Waals surface area (Å²) in [5, 5.41) is 0. The zero-order chi connectivity index (χ0) is 19.8. The summed E-state index contributed by atoms with van der Waals surface area (Å²) in [6.45, 7) is 8.85. The molecule has 1 aromatic carbocycles. The van der Waals surface area contributed by atoms with Crippen LogP contribution in [-0.2, 0) is 11.2 Å². The number of aryl methyl sites for hydroxylation is 3. The van der Waals surface area contributed by atoms with Crippen LogP contribution in [0.15, 0.2) is 42.7 Å². The summed E-state index contributed by atoms with van der Waals surface area (Å²) in [6, 6.07) is 9.76. The van der Waals surface area contributed by atoms with E-state index in [1.165, 1.54) is 5.56 Å². The third kappa shape index (κ3) is 6.17. The summed E-state index contributed by atoms with van der Waals surface area (Å²) in [5.74, 6) is 0.546. The Hall–Kier alpha value is -2.20. The third-order valence-corrected chi connectivity index (χ3v) is 5.10. The average Bonchev–Trinajstić information content (AvgIpc) is 2.64. The molecule has 27 heavy (non-hydrogen) atoms. The Labute approximate surface area is 163 Å². The number of nitrogens with zero attached hydrogens (tertiary/aromatic N) is 2. The lowest BCUT2D eigenvalue weighted by Gasteiger charge is -2.29. The summed E-state index contributed by atoms with van der Waals surface area (Å²) >= 11 is 0. The Morgan fingerprint density at radius 3 is 2.41 bits per heavy atom. The van der Waals surface area contributed by atoms with E-state index < -0.39 is 6.04 Å². The molecule has 0 aliphatic rings. The lowest BCUT2D eigenvalue weighted by Crippen LogP contribution is -2.43. The molecule has 0 fully saturated rings. The molecule has 2 aromatic rings. The van der Waals surface area contributed by atoms with Crippen LogP contribution >= 0.6 is 0 Å². The van der Waals surface area contributed by atoms with Crippen LogP contribution in [0.5, 0.6) is 0 Å². The first-order valence-electron chi connectivity index (χ1n) is 9.92. The van der Waals surface area contributed by atoms with Gasteiger partial charge in [-0.1, -0.05) is 37.6 Å². The predicted octanol–water partition coefficient (Wildman–Crippen LogP) is 4.43. The Balaban J connectivity index is 1.96. The van der Waals surface area contributed by atoms with Gasteiger partial charge in [-0.25, -0.2) is 0 Å². The van der Waals surface area contributed by atoms with Gasteiger partial charge in [0, 0.05) is 24.6 Å². The molecule has 0 aliphatic heterocycles. The molecule has 0 radical (unpaired) electrons. The fourth-order valence-corrected chi connectivity index (χ4v) is 3.50. The summed E-state index contributed by atoms with van der Waals surface area (Å²) in [4.78, 5) is 18.8. The first-order valence-corrected chi connectivity index (χ1v) is 9.92. The second kappa shape index (κ2) is 10.2. The third-order valence-electron chi connectivity index (χ3n) is 5.10.